The minimum Gasteiger partial charge on any atom is -0.372 e. The molecule has 1 aliphatic rings. The molecule has 0 bridgehead atoms. The van der Waals surface area contributed by atoms with Gasteiger partial charge in [-0.1, -0.05) is 0 Å². The molecule has 2 N–H and O–H groups in total. The topological polar surface area (TPSA) is 73.4 Å². The zero-order chi connectivity index (χ0) is 19.9. The van der Waals surface area contributed by atoms with Crippen molar-refractivity contribution in [2.24, 2.45) is 0 Å². The van der Waals surface area contributed by atoms with E-state index in [0.717, 1.165) is 37.4 Å². The molecule has 28 heavy (non-hydrogen) atoms. The van der Waals surface area contributed by atoms with E-state index in [0.29, 0.717) is 18.2 Å². The smallest absolute Gasteiger partial charge is 0.270 e. The number of rotatable bonds is 8. The predicted octanol–water partition coefficient (Wildman–Crippen LogP) is 2.81. The molecule has 1 amide bonds. The molecule has 150 valence electrons. The molecule has 2 heterocycles. The van der Waals surface area contributed by atoms with Gasteiger partial charge in [0.15, 0.2) is 0 Å². The predicted molar refractivity (Wildman–Crippen MR) is 113 cm³/mol. The summed E-state index contributed by atoms with van der Waals surface area (Å²) in [5, 5.41) is 6.13. The lowest BCUT2D eigenvalue weighted by Crippen LogP contribution is -2.28. The van der Waals surface area contributed by atoms with Crippen molar-refractivity contribution in [3.05, 3.63) is 41.7 Å². The van der Waals surface area contributed by atoms with Crippen LogP contribution in [0.1, 0.15) is 35.4 Å². The number of carbonyl (C=O) groups excluding carboxylic acids is 1. The Morgan fingerprint density at radius 1 is 1.14 bits per heavy atom. The van der Waals surface area contributed by atoms with Crippen LogP contribution in [0.3, 0.4) is 0 Å². The third kappa shape index (κ3) is 5.66. The summed E-state index contributed by atoms with van der Waals surface area (Å²) < 4.78 is 0. The Kier molecular flexibility index (Phi) is 6.81. The van der Waals surface area contributed by atoms with Crippen molar-refractivity contribution in [2.75, 3.05) is 50.5 Å². The van der Waals surface area contributed by atoms with Crippen LogP contribution in [-0.4, -0.2) is 61.0 Å². The minimum atomic E-state index is -0.170. The standard InChI is InChI=1S/C21H30N6O/c1-16-15-19(20(28)22-11-6-12-26(2)3)25-21(23-16)24-17-7-9-18(10-8-17)27-13-4-5-14-27/h7-10,15H,4-6,11-14H2,1-3H3,(H,22,28)(H,23,24,25). The highest BCUT2D eigenvalue weighted by Crippen LogP contribution is 2.23. The maximum atomic E-state index is 12.4. The van der Waals surface area contributed by atoms with E-state index in [1.165, 1.54) is 18.5 Å². The number of nitrogens with zero attached hydrogens (tertiary/aromatic N) is 4. The second-order valence-corrected chi connectivity index (χ2v) is 7.50. The molecule has 3 rings (SSSR count). The molecular formula is C21H30N6O. The summed E-state index contributed by atoms with van der Waals surface area (Å²) in [6, 6.07) is 9.99. The van der Waals surface area contributed by atoms with Crippen LogP contribution in [0.5, 0.6) is 0 Å². The Bertz CT molecular complexity index is 784. The second kappa shape index (κ2) is 9.50. The molecule has 1 aromatic heterocycles. The van der Waals surface area contributed by atoms with Crippen molar-refractivity contribution in [3.63, 3.8) is 0 Å². The average molecular weight is 383 g/mol. The van der Waals surface area contributed by atoms with E-state index in [2.05, 4.69) is 42.5 Å². The summed E-state index contributed by atoms with van der Waals surface area (Å²) in [4.78, 5) is 25.7. The highest BCUT2D eigenvalue weighted by atomic mass is 16.1. The fourth-order valence-electron chi connectivity index (χ4n) is 3.29. The first-order valence-corrected chi connectivity index (χ1v) is 9.92. The Labute approximate surface area is 167 Å². The average Bonchev–Trinajstić information content (AvgIpc) is 3.20. The van der Waals surface area contributed by atoms with Crippen molar-refractivity contribution < 1.29 is 4.79 Å². The summed E-state index contributed by atoms with van der Waals surface area (Å²) >= 11 is 0. The number of carbonyl (C=O) groups is 1. The summed E-state index contributed by atoms with van der Waals surface area (Å²) in [5.74, 6) is 0.268. The van der Waals surface area contributed by atoms with Crippen LogP contribution < -0.4 is 15.5 Å². The number of anilines is 3. The fourth-order valence-corrected chi connectivity index (χ4v) is 3.29. The summed E-state index contributed by atoms with van der Waals surface area (Å²) in [7, 11) is 4.04. The van der Waals surface area contributed by atoms with Gasteiger partial charge in [-0.15, -0.1) is 0 Å². The maximum Gasteiger partial charge on any atom is 0.270 e. The van der Waals surface area contributed by atoms with Crippen LogP contribution in [0.15, 0.2) is 30.3 Å². The summed E-state index contributed by atoms with van der Waals surface area (Å²) in [6.07, 6.45) is 3.42. The van der Waals surface area contributed by atoms with Crippen LogP contribution in [0, 0.1) is 6.92 Å². The van der Waals surface area contributed by atoms with E-state index >= 15 is 0 Å². The third-order valence-electron chi connectivity index (χ3n) is 4.75. The number of benzene rings is 1. The molecule has 0 aliphatic carbocycles. The maximum absolute atomic E-state index is 12.4. The van der Waals surface area contributed by atoms with Gasteiger partial charge in [0.1, 0.15) is 5.69 Å². The second-order valence-electron chi connectivity index (χ2n) is 7.50. The minimum absolute atomic E-state index is 0.170. The SMILES string of the molecule is Cc1cc(C(=O)NCCCN(C)C)nc(Nc2ccc(N3CCCC3)cc2)n1. The van der Waals surface area contributed by atoms with Crippen molar-refractivity contribution in [3.8, 4) is 0 Å². The van der Waals surface area contributed by atoms with Gasteiger partial charge in [-0.2, -0.15) is 0 Å². The lowest BCUT2D eigenvalue weighted by atomic mass is 10.2. The molecule has 7 heteroatoms. The van der Waals surface area contributed by atoms with Crippen LogP contribution in [0.4, 0.5) is 17.3 Å². The molecule has 1 aromatic carbocycles. The molecule has 0 atom stereocenters. The van der Waals surface area contributed by atoms with E-state index in [-0.39, 0.29) is 5.91 Å². The Morgan fingerprint density at radius 3 is 2.54 bits per heavy atom. The molecule has 1 saturated heterocycles. The molecular weight excluding hydrogens is 352 g/mol. The highest BCUT2D eigenvalue weighted by molar-refractivity contribution is 5.92. The number of hydrogen-bond acceptors (Lipinski definition) is 6. The molecule has 1 fully saturated rings. The van der Waals surface area contributed by atoms with E-state index in [1.54, 1.807) is 6.07 Å². The van der Waals surface area contributed by atoms with Gasteiger partial charge in [0.2, 0.25) is 5.95 Å². The molecule has 7 nitrogen and oxygen atoms in total. The Balaban J connectivity index is 1.61. The molecule has 2 aromatic rings. The number of hydrogen-bond donors (Lipinski definition) is 2. The monoisotopic (exact) mass is 382 g/mol. The van der Waals surface area contributed by atoms with E-state index in [9.17, 15) is 4.79 Å². The first-order chi connectivity index (χ1) is 13.5. The lowest BCUT2D eigenvalue weighted by Gasteiger charge is -2.17. The zero-order valence-electron chi connectivity index (χ0n) is 17.0. The van der Waals surface area contributed by atoms with E-state index in [4.69, 9.17) is 0 Å². The molecule has 1 aliphatic heterocycles. The van der Waals surface area contributed by atoms with Gasteiger partial charge >= 0.3 is 0 Å². The van der Waals surface area contributed by atoms with Crippen LogP contribution in [-0.2, 0) is 0 Å². The molecule has 0 saturated carbocycles. The lowest BCUT2D eigenvalue weighted by molar-refractivity contribution is 0.0947. The quantitative estimate of drug-likeness (QED) is 0.684. The van der Waals surface area contributed by atoms with E-state index in [1.807, 2.05) is 33.2 Å². The first-order valence-electron chi connectivity index (χ1n) is 9.92. The van der Waals surface area contributed by atoms with Crippen molar-refractivity contribution in [1.82, 2.24) is 20.2 Å². The van der Waals surface area contributed by atoms with Crippen molar-refractivity contribution >= 4 is 23.2 Å². The number of aromatic nitrogens is 2. The molecule has 0 radical (unpaired) electrons. The van der Waals surface area contributed by atoms with Crippen LogP contribution >= 0.6 is 0 Å². The van der Waals surface area contributed by atoms with E-state index < -0.39 is 0 Å². The van der Waals surface area contributed by atoms with Gasteiger partial charge in [0.05, 0.1) is 0 Å². The van der Waals surface area contributed by atoms with Crippen LogP contribution in [0.25, 0.3) is 0 Å². The van der Waals surface area contributed by atoms with Gasteiger partial charge in [0.25, 0.3) is 5.91 Å². The largest absolute Gasteiger partial charge is 0.372 e. The zero-order valence-corrected chi connectivity index (χ0v) is 17.0. The van der Waals surface area contributed by atoms with Gasteiger partial charge in [-0.05, 0) is 77.2 Å². The number of aryl methyl sites for hydroxylation is 1. The van der Waals surface area contributed by atoms with Gasteiger partial charge < -0.3 is 20.4 Å². The third-order valence-corrected chi connectivity index (χ3v) is 4.75. The van der Waals surface area contributed by atoms with Gasteiger partial charge in [-0.25, -0.2) is 9.97 Å². The first kappa shape index (κ1) is 20.1. The highest BCUT2D eigenvalue weighted by Gasteiger charge is 2.13. The normalized spacial score (nSPS) is 13.8. The number of amides is 1. The van der Waals surface area contributed by atoms with Gasteiger partial charge in [0, 0.05) is 36.7 Å². The van der Waals surface area contributed by atoms with Crippen molar-refractivity contribution in [2.45, 2.75) is 26.2 Å². The molecule has 0 spiro atoms. The Hall–Kier alpha value is -2.67. The fraction of sp³-hybridized carbons (Fsp3) is 0.476. The summed E-state index contributed by atoms with van der Waals surface area (Å²) in [5.41, 5.74) is 3.29. The number of nitrogens with one attached hydrogen (secondary N) is 2. The van der Waals surface area contributed by atoms with Crippen molar-refractivity contribution in [1.29, 1.82) is 0 Å². The van der Waals surface area contributed by atoms with Crippen LogP contribution in [0.2, 0.25) is 0 Å². The summed E-state index contributed by atoms with van der Waals surface area (Å²) in [6.45, 7) is 5.68. The Morgan fingerprint density at radius 2 is 1.86 bits per heavy atom. The molecule has 0 unspecified atom stereocenters. The van der Waals surface area contributed by atoms with Gasteiger partial charge in [-0.3, -0.25) is 4.79 Å².